The first-order chi connectivity index (χ1) is 8.35. The summed E-state index contributed by atoms with van der Waals surface area (Å²) in [5.41, 5.74) is 3.94. The molecule has 1 aromatic carbocycles. The summed E-state index contributed by atoms with van der Waals surface area (Å²) >= 11 is 0. The summed E-state index contributed by atoms with van der Waals surface area (Å²) in [7, 11) is 1.68. The van der Waals surface area contributed by atoms with Gasteiger partial charge in [-0.2, -0.15) is 0 Å². The van der Waals surface area contributed by atoms with Crippen molar-refractivity contribution in [2.24, 2.45) is 0 Å². The van der Waals surface area contributed by atoms with Crippen molar-refractivity contribution >= 4 is 12.0 Å². The monoisotopic (exact) mass is 231 g/mol. The van der Waals surface area contributed by atoms with E-state index in [0.29, 0.717) is 6.54 Å². The smallest absolute Gasteiger partial charge is 0.207 e. The van der Waals surface area contributed by atoms with Crippen LogP contribution >= 0.6 is 0 Å². The number of aryl methyl sites for hydroxylation is 1. The molecule has 1 aliphatic carbocycles. The van der Waals surface area contributed by atoms with Gasteiger partial charge in [0.05, 0.1) is 7.11 Å². The molecule has 0 saturated heterocycles. The van der Waals surface area contributed by atoms with E-state index in [1.165, 1.54) is 16.7 Å². The Morgan fingerprint density at radius 2 is 2.35 bits per heavy atom. The zero-order chi connectivity index (χ0) is 12.1. The number of amides is 1. The highest BCUT2D eigenvalue weighted by molar-refractivity contribution is 5.71. The normalized spacial score (nSPS) is 13.6. The van der Waals surface area contributed by atoms with Crippen LogP contribution in [0.2, 0.25) is 0 Å². The van der Waals surface area contributed by atoms with Crippen LogP contribution in [0.25, 0.3) is 5.57 Å². The summed E-state index contributed by atoms with van der Waals surface area (Å²) in [6.07, 6.45) is 6.04. The fraction of sp³-hybridized carbons (Fsp3) is 0.357. The average Bonchev–Trinajstić information content (AvgIpc) is 2.39. The Balaban J connectivity index is 2.19. The van der Waals surface area contributed by atoms with Gasteiger partial charge < -0.3 is 10.1 Å². The molecule has 2 rings (SSSR count). The first-order valence-corrected chi connectivity index (χ1v) is 5.88. The maximum absolute atomic E-state index is 10.2. The summed E-state index contributed by atoms with van der Waals surface area (Å²) in [4.78, 5) is 10.2. The number of rotatable bonds is 5. The Labute approximate surface area is 101 Å². The number of carbonyl (C=O) groups is 1. The predicted octanol–water partition coefficient (Wildman–Crippen LogP) is 2.16. The second-order valence-corrected chi connectivity index (χ2v) is 4.11. The third kappa shape index (κ3) is 2.67. The molecule has 0 aliphatic heterocycles. The number of ether oxygens (including phenoxy) is 1. The summed E-state index contributed by atoms with van der Waals surface area (Å²) in [6, 6.07) is 6.22. The molecule has 0 fully saturated rings. The van der Waals surface area contributed by atoms with Crippen LogP contribution in [0.15, 0.2) is 24.3 Å². The van der Waals surface area contributed by atoms with Crippen molar-refractivity contribution in [3.63, 3.8) is 0 Å². The molecule has 90 valence electrons. The molecule has 0 heterocycles. The largest absolute Gasteiger partial charge is 0.497 e. The second-order valence-electron chi connectivity index (χ2n) is 4.11. The second kappa shape index (κ2) is 5.53. The van der Waals surface area contributed by atoms with Gasteiger partial charge in [0, 0.05) is 6.54 Å². The molecular formula is C14H17NO2. The van der Waals surface area contributed by atoms with E-state index in [2.05, 4.69) is 23.5 Å². The number of benzene rings is 1. The zero-order valence-corrected chi connectivity index (χ0v) is 10.0. The third-order valence-electron chi connectivity index (χ3n) is 3.09. The fourth-order valence-corrected chi connectivity index (χ4v) is 2.21. The molecule has 0 atom stereocenters. The highest BCUT2D eigenvalue weighted by Gasteiger charge is 2.12. The average molecular weight is 231 g/mol. The van der Waals surface area contributed by atoms with Gasteiger partial charge >= 0.3 is 0 Å². The highest BCUT2D eigenvalue weighted by atomic mass is 16.5. The van der Waals surface area contributed by atoms with E-state index < -0.39 is 0 Å². The van der Waals surface area contributed by atoms with Crippen molar-refractivity contribution in [1.82, 2.24) is 5.32 Å². The number of fused-ring (bicyclic) bond motifs is 1. The van der Waals surface area contributed by atoms with E-state index in [4.69, 9.17) is 4.74 Å². The minimum Gasteiger partial charge on any atom is -0.497 e. The van der Waals surface area contributed by atoms with Crippen LogP contribution in [0.1, 0.15) is 24.0 Å². The van der Waals surface area contributed by atoms with E-state index in [1.54, 1.807) is 7.11 Å². The van der Waals surface area contributed by atoms with E-state index in [9.17, 15) is 4.79 Å². The fourth-order valence-electron chi connectivity index (χ4n) is 2.21. The lowest BCUT2D eigenvalue weighted by Gasteiger charge is -2.18. The number of hydrogen-bond donors (Lipinski definition) is 1. The van der Waals surface area contributed by atoms with Crippen LogP contribution in [0.4, 0.5) is 0 Å². The number of carbonyl (C=O) groups excluding carboxylic acids is 1. The van der Waals surface area contributed by atoms with Crippen molar-refractivity contribution in [3.8, 4) is 5.75 Å². The van der Waals surface area contributed by atoms with E-state index in [0.717, 1.165) is 31.4 Å². The van der Waals surface area contributed by atoms with Crippen LogP contribution in [0, 0.1) is 0 Å². The molecule has 0 bridgehead atoms. The number of allylic oxidation sites excluding steroid dienone is 1. The molecule has 0 radical (unpaired) electrons. The van der Waals surface area contributed by atoms with Gasteiger partial charge in [0.25, 0.3) is 0 Å². The summed E-state index contributed by atoms with van der Waals surface area (Å²) in [5, 5.41) is 2.70. The molecule has 1 amide bonds. The highest BCUT2D eigenvalue weighted by Crippen LogP contribution is 2.31. The Hall–Kier alpha value is -1.77. The Kier molecular flexibility index (Phi) is 3.81. The van der Waals surface area contributed by atoms with Gasteiger partial charge in [0.15, 0.2) is 0 Å². The van der Waals surface area contributed by atoms with Gasteiger partial charge in [-0.05, 0) is 48.1 Å². The van der Waals surface area contributed by atoms with Crippen molar-refractivity contribution in [1.29, 1.82) is 0 Å². The van der Waals surface area contributed by atoms with Gasteiger partial charge in [-0.3, -0.25) is 4.79 Å². The minimum absolute atomic E-state index is 0.686. The van der Waals surface area contributed by atoms with Gasteiger partial charge in [-0.1, -0.05) is 12.1 Å². The summed E-state index contributed by atoms with van der Waals surface area (Å²) < 4.78 is 5.26. The molecular weight excluding hydrogens is 214 g/mol. The predicted molar refractivity (Wildman–Crippen MR) is 68.0 cm³/mol. The molecule has 0 unspecified atom stereocenters. The Bertz CT molecular complexity index is 438. The van der Waals surface area contributed by atoms with Crippen molar-refractivity contribution in [2.45, 2.75) is 19.3 Å². The molecule has 3 nitrogen and oxygen atoms in total. The van der Waals surface area contributed by atoms with Crippen LogP contribution in [-0.4, -0.2) is 20.1 Å². The number of methoxy groups -OCH3 is 1. The number of hydrogen-bond acceptors (Lipinski definition) is 2. The van der Waals surface area contributed by atoms with E-state index in [-0.39, 0.29) is 0 Å². The SMILES string of the molecule is COc1ccc2c(c1)C(CCNC=O)=CCC2. The summed E-state index contributed by atoms with van der Waals surface area (Å²) in [6.45, 7) is 0.686. The first kappa shape index (κ1) is 11.7. The molecule has 17 heavy (non-hydrogen) atoms. The number of nitrogens with one attached hydrogen (secondary N) is 1. The quantitative estimate of drug-likeness (QED) is 0.623. The lowest BCUT2D eigenvalue weighted by Crippen LogP contribution is -2.13. The van der Waals surface area contributed by atoms with Gasteiger partial charge in [-0.25, -0.2) is 0 Å². The van der Waals surface area contributed by atoms with Gasteiger partial charge in [-0.15, -0.1) is 0 Å². The van der Waals surface area contributed by atoms with Crippen molar-refractivity contribution in [3.05, 3.63) is 35.4 Å². The maximum Gasteiger partial charge on any atom is 0.207 e. The lowest BCUT2D eigenvalue weighted by atomic mass is 9.89. The van der Waals surface area contributed by atoms with Crippen LogP contribution < -0.4 is 10.1 Å². The minimum atomic E-state index is 0.686. The maximum atomic E-state index is 10.2. The third-order valence-corrected chi connectivity index (χ3v) is 3.09. The molecule has 3 heteroatoms. The Morgan fingerprint density at radius 3 is 3.12 bits per heavy atom. The standard InChI is InChI=1S/C14H17NO2/c1-17-13-6-5-11-3-2-4-12(14(11)9-13)7-8-15-10-16/h4-6,9-10H,2-3,7-8H2,1H3,(H,15,16). The van der Waals surface area contributed by atoms with Gasteiger partial charge in [0.1, 0.15) is 5.75 Å². The van der Waals surface area contributed by atoms with E-state index >= 15 is 0 Å². The Morgan fingerprint density at radius 1 is 1.47 bits per heavy atom. The summed E-state index contributed by atoms with van der Waals surface area (Å²) in [5.74, 6) is 0.889. The molecule has 0 spiro atoms. The first-order valence-electron chi connectivity index (χ1n) is 5.88. The van der Waals surface area contributed by atoms with Crippen LogP contribution in [0.3, 0.4) is 0 Å². The van der Waals surface area contributed by atoms with Crippen LogP contribution in [0.5, 0.6) is 5.75 Å². The van der Waals surface area contributed by atoms with Gasteiger partial charge in [0.2, 0.25) is 6.41 Å². The molecule has 0 saturated carbocycles. The van der Waals surface area contributed by atoms with Crippen molar-refractivity contribution in [2.75, 3.05) is 13.7 Å². The van der Waals surface area contributed by atoms with E-state index in [1.807, 2.05) is 6.07 Å². The molecule has 1 aliphatic rings. The van der Waals surface area contributed by atoms with Crippen LogP contribution in [-0.2, 0) is 11.2 Å². The molecule has 1 N–H and O–H groups in total. The topological polar surface area (TPSA) is 38.3 Å². The molecule has 1 aromatic rings. The molecule has 0 aromatic heterocycles. The zero-order valence-electron chi connectivity index (χ0n) is 10.0. The lowest BCUT2D eigenvalue weighted by molar-refractivity contribution is -0.109. The van der Waals surface area contributed by atoms with Crippen molar-refractivity contribution < 1.29 is 9.53 Å².